The van der Waals surface area contributed by atoms with Crippen molar-refractivity contribution in [2.45, 2.75) is 0 Å². The minimum atomic E-state index is 1.15. The molecule has 0 aromatic heterocycles. The molecule has 0 saturated heterocycles. The van der Waals surface area contributed by atoms with Crippen LogP contribution in [0.4, 0.5) is 22.7 Å². The van der Waals surface area contributed by atoms with Gasteiger partial charge < -0.3 is 19.6 Å². The van der Waals surface area contributed by atoms with Crippen LogP contribution >= 0.6 is 0 Å². The summed E-state index contributed by atoms with van der Waals surface area (Å²) in [4.78, 5) is 8.61. The Kier molecular flexibility index (Phi) is 11.0. The molecule has 6 aromatic rings. The van der Waals surface area contributed by atoms with E-state index in [-0.39, 0.29) is 0 Å². The van der Waals surface area contributed by atoms with Crippen LogP contribution in [0.1, 0.15) is 33.4 Å². The molecule has 0 aliphatic heterocycles. The topological polar surface area (TPSA) is 13.0 Å². The first-order chi connectivity index (χ1) is 25.1. The summed E-state index contributed by atoms with van der Waals surface area (Å²) in [5.41, 5.74) is 13.9. The van der Waals surface area contributed by atoms with E-state index in [1.54, 1.807) is 0 Å². The van der Waals surface area contributed by atoms with E-state index < -0.39 is 0 Å². The summed E-state index contributed by atoms with van der Waals surface area (Å²) in [5, 5.41) is 0. The molecule has 260 valence electrons. The summed E-state index contributed by atoms with van der Waals surface area (Å²) in [5.74, 6) is 2.35. The fourth-order valence-electron chi connectivity index (χ4n) is 6.65. The molecule has 0 bridgehead atoms. The highest BCUT2D eigenvalue weighted by atomic mass is 15.1. The first-order valence-corrected chi connectivity index (χ1v) is 17.8. The number of hydrogen-bond acceptors (Lipinski definition) is 4. The lowest BCUT2D eigenvalue weighted by Crippen LogP contribution is -2.15. The molecular formula is C48H50N4+2. The standard InChI is InChI=1S/C48H50N4/c1-49(2)41-27-19-37(20-28-41)45(38-21-29-42(30-22-38)50(3)4)47(35-15-11-9-12-16-35)48(36-17-13-10-14-18-36)46(39-23-31-43(32-24-39)51(5)6)40-25-33-44(34-26-40)52(7)8/h9-34H,1-8H3/q+2/b48-47-. The van der Waals surface area contributed by atoms with Crippen molar-refractivity contribution in [3.05, 3.63) is 203 Å². The van der Waals surface area contributed by atoms with Crippen LogP contribution in [-0.4, -0.2) is 56.4 Å². The van der Waals surface area contributed by atoms with Crippen LogP contribution in [0.25, 0.3) is 11.1 Å². The first-order valence-electron chi connectivity index (χ1n) is 17.8. The minimum Gasteiger partial charge on any atom is -0.377 e. The van der Waals surface area contributed by atoms with Gasteiger partial charge in [0, 0.05) is 79.1 Å². The Morgan fingerprint density at radius 2 is 0.500 bits per heavy atom. The highest BCUT2D eigenvalue weighted by molar-refractivity contribution is 6.08. The molecule has 0 saturated carbocycles. The molecule has 0 heterocycles. The number of allylic oxidation sites excluding steroid dienone is 2. The average molecular weight is 683 g/mol. The molecule has 0 aliphatic rings. The number of benzene rings is 6. The molecule has 6 aromatic carbocycles. The van der Waals surface area contributed by atoms with E-state index >= 15 is 0 Å². The van der Waals surface area contributed by atoms with Gasteiger partial charge in [-0.3, -0.25) is 0 Å². The molecule has 0 atom stereocenters. The molecule has 0 unspecified atom stereocenters. The maximum absolute atomic E-state index is 2.27. The minimum absolute atomic E-state index is 1.15. The largest absolute Gasteiger partial charge is 0.377 e. The van der Waals surface area contributed by atoms with Gasteiger partial charge >= 0.3 is 0 Å². The molecule has 52 heavy (non-hydrogen) atoms. The van der Waals surface area contributed by atoms with Crippen molar-refractivity contribution in [3.8, 4) is 0 Å². The number of rotatable bonds is 12. The molecule has 6 rings (SSSR count). The van der Waals surface area contributed by atoms with Gasteiger partial charge in [-0.15, -0.1) is 0 Å². The van der Waals surface area contributed by atoms with Crippen LogP contribution in [0.3, 0.4) is 0 Å². The second-order valence-corrected chi connectivity index (χ2v) is 14.0. The zero-order valence-electron chi connectivity index (χ0n) is 31.8. The van der Waals surface area contributed by atoms with Crippen LogP contribution in [0, 0.1) is 11.8 Å². The monoisotopic (exact) mass is 682 g/mol. The van der Waals surface area contributed by atoms with Crippen molar-refractivity contribution in [2.75, 3.05) is 76.0 Å². The lowest BCUT2D eigenvalue weighted by atomic mass is 9.72. The van der Waals surface area contributed by atoms with E-state index in [0.717, 1.165) is 56.1 Å². The van der Waals surface area contributed by atoms with Gasteiger partial charge in [-0.25, -0.2) is 0 Å². The van der Waals surface area contributed by atoms with Gasteiger partial charge in [-0.05, 0) is 121 Å². The van der Waals surface area contributed by atoms with Gasteiger partial charge in [0.2, 0.25) is 0 Å². The summed E-state index contributed by atoms with van der Waals surface area (Å²) >= 11 is 0. The van der Waals surface area contributed by atoms with Crippen molar-refractivity contribution >= 4 is 33.9 Å². The predicted octanol–water partition coefficient (Wildman–Crippen LogP) is 10.2. The van der Waals surface area contributed by atoms with Crippen molar-refractivity contribution in [1.82, 2.24) is 0 Å². The molecule has 4 nitrogen and oxygen atoms in total. The Morgan fingerprint density at radius 1 is 0.288 bits per heavy atom. The van der Waals surface area contributed by atoms with E-state index in [4.69, 9.17) is 0 Å². The Labute approximate surface area is 311 Å². The lowest BCUT2D eigenvalue weighted by molar-refractivity contribution is 1.12. The second-order valence-electron chi connectivity index (χ2n) is 14.0. The molecular weight excluding hydrogens is 633 g/mol. The Morgan fingerprint density at radius 3 is 0.692 bits per heavy atom. The van der Waals surface area contributed by atoms with Gasteiger partial charge in [-0.2, -0.15) is 0 Å². The molecule has 0 amide bonds. The predicted molar refractivity (Wildman–Crippen MR) is 226 cm³/mol. The highest BCUT2D eigenvalue weighted by Crippen LogP contribution is 2.49. The van der Waals surface area contributed by atoms with E-state index in [0.29, 0.717) is 0 Å². The Bertz CT molecular complexity index is 1790. The average Bonchev–Trinajstić information content (AvgIpc) is 3.17. The molecule has 0 spiro atoms. The zero-order chi connectivity index (χ0) is 36.8. The SMILES string of the molecule is CN(C)c1ccc([C+](/C(=C(/c2ccccc2)[C+](c2ccc(N(C)C)cc2)c2ccc(N(C)C)cc2)c2ccccc2)c2ccc(N(C)C)cc2)cc1. The number of anilines is 4. The van der Waals surface area contributed by atoms with Crippen LogP contribution < -0.4 is 19.6 Å². The summed E-state index contributed by atoms with van der Waals surface area (Å²) in [7, 11) is 16.7. The third kappa shape index (κ3) is 7.82. The third-order valence-corrected chi connectivity index (χ3v) is 9.56. The molecule has 0 fully saturated rings. The Balaban J connectivity index is 1.75. The maximum Gasteiger partial charge on any atom is 0.114 e. The van der Waals surface area contributed by atoms with Crippen LogP contribution in [-0.2, 0) is 0 Å². The smallest absolute Gasteiger partial charge is 0.114 e. The lowest BCUT2D eigenvalue weighted by Gasteiger charge is -2.24. The number of hydrogen-bond donors (Lipinski definition) is 0. The van der Waals surface area contributed by atoms with E-state index in [9.17, 15) is 0 Å². The van der Waals surface area contributed by atoms with Gasteiger partial charge in [0.25, 0.3) is 0 Å². The first kappa shape index (κ1) is 35.8. The summed E-state index contributed by atoms with van der Waals surface area (Å²) in [6.45, 7) is 0. The molecule has 0 radical (unpaired) electrons. The van der Waals surface area contributed by atoms with Crippen LogP contribution in [0.5, 0.6) is 0 Å². The summed E-state index contributed by atoms with van der Waals surface area (Å²) in [6, 6.07) is 57.8. The van der Waals surface area contributed by atoms with E-state index in [2.05, 4.69) is 234 Å². The summed E-state index contributed by atoms with van der Waals surface area (Å²) < 4.78 is 0. The van der Waals surface area contributed by atoms with Gasteiger partial charge in [0.05, 0.1) is 45.2 Å². The zero-order valence-corrected chi connectivity index (χ0v) is 31.8. The van der Waals surface area contributed by atoms with Gasteiger partial charge in [0.15, 0.2) is 0 Å². The van der Waals surface area contributed by atoms with Crippen molar-refractivity contribution in [3.63, 3.8) is 0 Å². The second kappa shape index (κ2) is 15.9. The van der Waals surface area contributed by atoms with E-state index in [1.807, 2.05) is 0 Å². The van der Waals surface area contributed by atoms with E-state index in [1.165, 1.54) is 23.0 Å². The van der Waals surface area contributed by atoms with Crippen LogP contribution in [0.15, 0.2) is 158 Å². The fourth-order valence-corrected chi connectivity index (χ4v) is 6.65. The normalized spacial score (nSPS) is 11.4. The molecule has 0 aliphatic carbocycles. The quantitative estimate of drug-likeness (QED) is 0.0941. The van der Waals surface area contributed by atoms with Crippen LogP contribution in [0.2, 0.25) is 0 Å². The summed E-state index contributed by atoms with van der Waals surface area (Å²) in [6.07, 6.45) is 0. The molecule has 0 N–H and O–H groups in total. The van der Waals surface area contributed by atoms with Crippen molar-refractivity contribution in [2.24, 2.45) is 0 Å². The Hall–Kier alpha value is -6.00. The molecule has 4 heteroatoms. The maximum atomic E-state index is 2.27. The number of nitrogens with zero attached hydrogens (tertiary/aromatic N) is 4. The third-order valence-electron chi connectivity index (χ3n) is 9.56. The fraction of sp³-hybridized carbons (Fsp3) is 0.167. The highest BCUT2D eigenvalue weighted by Gasteiger charge is 2.39. The van der Waals surface area contributed by atoms with Gasteiger partial charge in [0.1, 0.15) is 11.1 Å². The van der Waals surface area contributed by atoms with Crippen molar-refractivity contribution in [1.29, 1.82) is 0 Å². The van der Waals surface area contributed by atoms with Gasteiger partial charge in [-0.1, -0.05) is 36.4 Å². The van der Waals surface area contributed by atoms with Crippen molar-refractivity contribution < 1.29 is 0 Å².